The summed E-state index contributed by atoms with van der Waals surface area (Å²) in [5, 5.41) is 0. The summed E-state index contributed by atoms with van der Waals surface area (Å²) in [4.78, 5) is 29.6. The van der Waals surface area contributed by atoms with Gasteiger partial charge < -0.3 is 13.7 Å². The number of rotatable bonds is 8. The minimum absolute atomic E-state index is 0.0697. The Hall–Kier alpha value is -3.95. The van der Waals surface area contributed by atoms with E-state index in [9.17, 15) is 40.0 Å². The number of ether oxygens (including phenoxy) is 2. The van der Waals surface area contributed by atoms with Crippen LogP contribution in [0, 0.1) is 32.7 Å². The zero-order chi connectivity index (χ0) is 46.6. The summed E-state index contributed by atoms with van der Waals surface area (Å²) < 4.78 is 103. The number of halogens is 6. The van der Waals surface area contributed by atoms with Crippen LogP contribution in [0.15, 0.2) is 60.9 Å². The fraction of sp³-hybridized carbons (Fsp3) is 0.419. The number of aryl methyl sites for hydroxylation is 2. The molecule has 0 aliphatic carbocycles. The maximum absolute atomic E-state index is 13.7. The van der Waals surface area contributed by atoms with Gasteiger partial charge in [0.25, 0.3) is 0 Å². The molecule has 9 nitrogen and oxygen atoms in total. The molecule has 17 heteroatoms. The first-order valence-corrected chi connectivity index (χ1v) is 26.8. The summed E-state index contributed by atoms with van der Waals surface area (Å²) >= 11 is 4.25. The second-order valence-corrected chi connectivity index (χ2v) is 17.4. The van der Waals surface area contributed by atoms with E-state index in [0.29, 0.717) is 5.56 Å². The Morgan fingerprint density at radius 3 is 1.52 bits per heavy atom. The molecular weight excluding hydrogens is 929 g/mol. The molecule has 0 bridgehead atoms. The molecule has 60 heavy (non-hydrogen) atoms. The number of benzene rings is 2. The van der Waals surface area contributed by atoms with E-state index in [2.05, 4.69) is 53.3 Å². The molecule has 2 aromatic carbocycles. The van der Waals surface area contributed by atoms with Crippen LogP contribution in [0.1, 0.15) is 109 Å². The first kappa shape index (κ1) is 54.1. The van der Waals surface area contributed by atoms with E-state index >= 15 is 0 Å². The monoisotopic (exact) mass is 978 g/mol. The zero-order valence-corrected chi connectivity index (χ0v) is 41.3. The number of pyridine rings is 2. The van der Waals surface area contributed by atoms with Crippen molar-refractivity contribution in [3.05, 3.63) is 108 Å². The predicted octanol–water partition coefficient (Wildman–Crippen LogP) is 11.8. The number of alkyl halides is 3. The standard InChI is InChI=1S/C21H26FNO2.C16H15F4NO3S.C6H11O2.BrH.Zn/c1-13(2)16-8-7-14(3)20(15-9-10-23-18(22)11-15)17(16)12-19(24)25-21(4,5)6;1-9(2)12-5-4-10(3)14(11-6-7-21-13(17)8-11)15(12)24-25(22,23)16(18,19)20;1-5(7)8-6(2,3)4;;/h7-11,13H,12H2,1-6H3;4-9H,1-3H3;1H2,2-4H3;1H;/q;;-1;;+2/p-1. The molecular formula is C43H52BrF5N2O7SZn. The summed E-state index contributed by atoms with van der Waals surface area (Å²) in [6.45, 7) is 25.1. The number of carbonyl (C=O) groups excluding carboxylic acids is 2. The van der Waals surface area contributed by atoms with E-state index in [-0.39, 0.29) is 40.9 Å². The average Bonchev–Trinajstić information content (AvgIpc) is 3.07. The average molecular weight is 981 g/mol. The van der Waals surface area contributed by atoms with Crippen molar-refractivity contribution in [2.75, 3.05) is 0 Å². The predicted molar refractivity (Wildman–Crippen MR) is 222 cm³/mol. The summed E-state index contributed by atoms with van der Waals surface area (Å²) in [7, 11) is -5.87. The van der Waals surface area contributed by atoms with Crippen LogP contribution in [0.2, 0.25) is 0 Å². The third-order valence-electron chi connectivity index (χ3n) is 7.87. The van der Waals surface area contributed by atoms with Gasteiger partial charge in [-0.3, -0.25) is 16.5 Å². The first-order chi connectivity index (χ1) is 27.4. The molecule has 0 aliphatic heterocycles. The Bertz CT molecular complexity index is 2190. The van der Waals surface area contributed by atoms with Crippen molar-refractivity contribution >= 4 is 35.7 Å². The van der Waals surface area contributed by atoms with Crippen LogP contribution >= 0.6 is 13.6 Å². The summed E-state index contributed by atoms with van der Waals surface area (Å²) in [5.74, 6) is -2.69. The number of hydrogen-bond acceptors (Lipinski definition) is 9. The molecule has 0 unspecified atom stereocenters. The number of nitrogens with zero attached hydrogens (tertiary/aromatic N) is 2. The van der Waals surface area contributed by atoms with Crippen molar-refractivity contribution in [1.82, 2.24) is 9.97 Å². The molecule has 0 N–H and O–H groups in total. The molecule has 0 saturated heterocycles. The molecule has 0 aliphatic rings. The third-order valence-corrected chi connectivity index (χ3v) is 8.82. The van der Waals surface area contributed by atoms with Crippen LogP contribution in [0.3, 0.4) is 0 Å². The van der Waals surface area contributed by atoms with Gasteiger partial charge in [-0.05, 0) is 124 Å². The van der Waals surface area contributed by atoms with Crippen molar-refractivity contribution in [3.8, 4) is 28.0 Å². The summed E-state index contributed by atoms with van der Waals surface area (Å²) in [6.07, 6.45) is 2.74. The van der Waals surface area contributed by atoms with E-state index in [1.807, 2.05) is 39.8 Å². The van der Waals surface area contributed by atoms with Crippen LogP contribution in [-0.4, -0.2) is 47.0 Å². The van der Waals surface area contributed by atoms with Gasteiger partial charge >= 0.3 is 51.6 Å². The molecule has 2 aromatic heterocycles. The minimum atomic E-state index is -5.87. The van der Waals surface area contributed by atoms with Gasteiger partial charge in [-0.2, -0.15) is 30.4 Å². The Morgan fingerprint density at radius 2 is 1.15 bits per heavy atom. The number of carbonyl (C=O) groups is 2. The number of esters is 2. The summed E-state index contributed by atoms with van der Waals surface area (Å²) in [6, 6.07) is 12.7. The zero-order valence-electron chi connectivity index (χ0n) is 36.0. The van der Waals surface area contributed by atoms with Crippen molar-refractivity contribution in [2.24, 2.45) is 0 Å². The van der Waals surface area contributed by atoms with Gasteiger partial charge in [0.1, 0.15) is 11.2 Å². The SMILES string of the molecule is Cc1ccc(C(C)C)c(CC(=O)OC(C)(C)C)c1-c1ccnc(F)c1.Cc1ccc(C(C)C)c(OS(=O)(=O)C(F)(F)F)c1-c1ccnc(F)c1.[CH2-]C(=O)OC(C)(C)C.[Zn+][Br]. The topological polar surface area (TPSA) is 122 Å². The molecule has 2 heterocycles. The molecule has 0 spiro atoms. The van der Waals surface area contributed by atoms with Gasteiger partial charge in [-0.25, -0.2) is 9.97 Å². The van der Waals surface area contributed by atoms with E-state index < -0.39 is 50.4 Å². The third kappa shape index (κ3) is 17.2. The number of hydrogen-bond donors (Lipinski definition) is 0. The van der Waals surface area contributed by atoms with Crippen LogP contribution in [0.4, 0.5) is 22.0 Å². The van der Waals surface area contributed by atoms with Gasteiger partial charge in [-0.1, -0.05) is 52.0 Å². The Kier molecular flexibility index (Phi) is 20.5. The Balaban J connectivity index is 0.000000491. The molecule has 4 aromatic rings. The van der Waals surface area contributed by atoms with Gasteiger partial charge in [0.15, 0.2) is 11.7 Å². The van der Waals surface area contributed by atoms with E-state index in [1.54, 1.807) is 53.7 Å². The van der Waals surface area contributed by atoms with Gasteiger partial charge in [0.2, 0.25) is 11.9 Å². The molecule has 0 amide bonds. The molecule has 4 rings (SSSR count). The van der Waals surface area contributed by atoms with E-state index in [4.69, 9.17) is 4.74 Å². The van der Waals surface area contributed by atoms with Crippen molar-refractivity contribution in [2.45, 2.75) is 118 Å². The first-order valence-electron chi connectivity index (χ1n) is 18.5. The number of aromatic nitrogens is 2. The second kappa shape index (κ2) is 22.8. The van der Waals surface area contributed by atoms with Gasteiger partial charge in [0.05, 0.1) is 6.42 Å². The normalized spacial score (nSPS) is 11.6. The molecule has 326 valence electrons. The van der Waals surface area contributed by atoms with Crippen LogP contribution < -0.4 is 4.18 Å². The quantitative estimate of drug-likeness (QED) is 0.0323. The van der Waals surface area contributed by atoms with Crippen molar-refractivity contribution in [3.63, 3.8) is 0 Å². The van der Waals surface area contributed by atoms with Crippen LogP contribution in [0.25, 0.3) is 22.3 Å². The fourth-order valence-electron chi connectivity index (χ4n) is 5.65. The Morgan fingerprint density at radius 1 is 0.733 bits per heavy atom. The van der Waals surface area contributed by atoms with Crippen molar-refractivity contribution in [1.29, 1.82) is 0 Å². The fourth-order valence-corrected chi connectivity index (χ4v) is 6.14. The second-order valence-electron chi connectivity index (χ2n) is 15.9. The molecule has 0 fully saturated rings. The van der Waals surface area contributed by atoms with E-state index in [0.717, 1.165) is 40.1 Å². The molecule has 0 radical (unpaired) electrons. The van der Waals surface area contributed by atoms with E-state index in [1.165, 1.54) is 40.7 Å². The van der Waals surface area contributed by atoms with Gasteiger partial charge in [-0.15, -0.1) is 0 Å². The molecule has 0 saturated carbocycles. The van der Waals surface area contributed by atoms with Crippen LogP contribution in [0.5, 0.6) is 5.75 Å². The van der Waals surface area contributed by atoms with Gasteiger partial charge in [0, 0.05) is 30.1 Å². The van der Waals surface area contributed by atoms with Crippen molar-refractivity contribution < 1.29 is 70.0 Å². The maximum atomic E-state index is 13.7. The molecule has 0 atom stereocenters. The van der Waals surface area contributed by atoms with Crippen LogP contribution in [-0.2, 0) is 51.9 Å². The summed E-state index contributed by atoms with van der Waals surface area (Å²) in [5.41, 5.74) is -1.00. The Labute approximate surface area is 367 Å².